The normalized spacial score (nSPS) is 22.3. The van der Waals surface area contributed by atoms with Crippen molar-refractivity contribution in [1.29, 1.82) is 0 Å². The average Bonchev–Trinajstić information content (AvgIpc) is 2.86. The van der Waals surface area contributed by atoms with Gasteiger partial charge in [0.2, 0.25) is 11.8 Å². The molecule has 3 amide bonds. The molecule has 3 atom stereocenters. The lowest BCUT2D eigenvalue weighted by Gasteiger charge is -2.38. The highest BCUT2D eigenvalue weighted by Crippen LogP contribution is 2.34. The minimum atomic E-state index is -0.378. The summed E-state index contributed by atoms with van der Waals surface area (Å²) in [5, 5.41) is 4.25. The van der Waals surface area contributed by atoms with Gasteiger partial charge in [-0.05, 0) is 55.7 Å². The van der Waals surface area contributed by atoms with Crippen LogP contribution < -0.4 is 25.2 Å². The van der Waals surface area contributed by atoms with Crippen LogP contribution in [0.4, 0.5) is 5.69 Å². The summed E-state index contributed by atoms with van der Waals surface area (Å²) < 4.78 is 11.2. The third-order valence-corrected chi connectivity index (χ3v) is 6.31. The molecule has 33 heavy (non-hydrogen) atoms. The van der Waals surface area contributed by atoms with E-state index in [0.29, 0.717) is 48.8 Å². The number of fused-ring (bicyclic) bond motifs is 2. The summed E-state index contributed by atoms with van der Waals surface area (Å²) in [4.78, 5) is 38.5. The Balaban J connectivity index is 1.31. The van der Waals surface area contributed by atoms with E-state index in [4.69, 9.17) is 9.47 Å². The summed E-state index contributed by atoms with van der Waals surface area (Å²) in [7, 11) is 0. The maximum atomic E-state index is 13.0. The van der Waals surface area contributed by atoms with Crippen LogP contribution in [-0.4, -0.2) is 30.9 Å². The smallest absolute Gasteiger partial charge is 0.251 e. The van der Waals surface area contributed by atoms with E-state index >= 15 is 0 Å². The van der Waals surface area contributed by atoms with Gasteiger partial charge in [-0.1, -0.05) is 24.3 Å². The van der Waals surface area contributed by atoms with Gasteiger partial charge in [-0.15, -0.1) is 0 Å². The summed E-state index contributed by atoms with van der Waals surface area (Å²) in [6.45, 7) is 2.90. The number of anilines is 1. The topological polar surface area (TPSA) is 97.0 Å². The second kappa shape index (κ2) is 8.61. The van der Waals surface area contributed by atoms with Crippen molar-refractivity contribution in [2.45, 2.75) is 25.8 Å². The number of carbonyl (C=O) groups is 3. The van der Waals surface area contributed by atoms with Crippen LogP contribution >= 0.6 is 0 Å². The van der Waals surface area contributed by atoms with E-state index in [1.165, 1.54) is 5.01 Å². The van der Waals surface area contributed by atoms with Gasteiger partial charge >= 0.3 is 0 Å². The van der Waals surface area contributed by atoms with Crippen molar-refractivity contribution in [3.05, 3.63) is 65.7 Å². The second-order valence-electron chi connectivity index (χ2n) is 8.45. The Morgan fingerprint density at radius 3 is 2.61 bits per heavy atom. The standard InChI is InChI=1S/C25H25N3O5/c1-15(16-9-10-21-22(14-16)33-12-11-32-21)26-23(29)17-5-4-6-18(13-17)28-25(31)20-8-3-2-7-19(20)24(30)27-28/h2-6,9-10,13-15,19-20H,7-8,11-12H2,1H3,(H,26,29)(H,27,30). The molecule has 170 valence electrons. The van der Waals surface area contributed by atoms with Crippen LogP contribution in [-0.2, 0) is 9.59 Å². The molecule has 3 aliphatic rings. The molecule has 0 radical (unpaired) electrons. The monoisotopic (exact) mass is 447 g/mol. The van der Waals surface area contributed by atoms with Crippen molar-refractivity contribution in [2.75, 3.05) is 18.2 Å². The van der Waals surface area contributed by atoms with Crippen LogP contribution in [0.25, 0.3) is 0 Å². The summed E-state index contributed by atoms with van der Waals surface area (Å²) in [6, 6.07) is 12.0. The molecule has 2 aromatic rings. The minimum absolute atomic E-state index is 0.161. The van der Waals surface area contributed by atoms with Gasteiger partial charge < -0.3 is 14.8 Å². The highest BCUT2D eigenvalue weighted by molar-refractivity contribution is 6.05. The first-order valence-corrected chi connectivity index (χ1v) is 11.1. The first kappa shape index (κ1) is 21.1. The van der Waals surface area contributed by atoms with Gasteiger partial charge in [-0.2, -0.15) is 0 Å². The van der Waals surface area contributed by atoms with E-state index < -0.39 is 0 Å². The van der Waals surface area contributed by atoms with Gasteiger partial charge in [0.15, 0.2) is 11.5 Å². The fraction of sp³-hybridized carbons (Fsp3) is 0.320. The molecule has 1 aliphatic carbocycles. The number of benzene rings is 2. The molecule has 0 saturated carbocycles. The number of nitrogens with zero attached hydrogens (tertiary/aromatic N) is 1. The zero-order valence-electron chi connectivity index (χ0n) is 18.2. The Kier molecular flexibility index (Phi) is 5.50. The summed E-state index contributed by atoms with van der Waals surface area (Å²) in [5.74, 6) is 0.0245. The first-order chi connectivity index (χ1) is 16.0. The van der Waals surface area contributed by atoms with Gasteiger partial charge in [0.1, 0.15) is 13.2 Å². The lowest BCUT2D eigenvalue weighted by atomic mass is 9.80. The van der Waals surface area contributed by atoms with E-state index in [1.807, 2.05) is 37.3 Å². The number of amides is 3. The fourth-order valence-corrected chi connectivity index (χ4v) is 4.46. The number of carbonyl (C=O) groups excluding carboxylic acids is 3. The third kappa shape index (κ3) is 4.04. The number of rotatable bonds is 4. The SMILES string of the molecule is CC(NC(=O)c1cccc(N2NC(=O)C3CC=CCC3C2=O)c1)c1ccc2c(c1)OCCO2. The lowest BCUT2D eigenvalue weighted by Crippen LogP contribution is -2.59. The Morgan fingerprint density at radius 1 is 1.03 bits per heavy atom. The molecule has 2 N–H and O–H groups in total. The van der Waals surface area contributed by atoms with Gasteiger partial charge in [0, 0.05) is 5.56 Å². The Hall–Kier alpha value is -3.81. The largest absolute Gasteiger partial charge is 0.486 e. The van der Waals surface area contributed by atoms with Crippen LogP contribution in [0.15, 0.2) is 54.6 Å². The van der Waals surface area contributed by atoms with Crippen LogP contribution in [0.1, 0.15) is 41.7 Å². The highest BCUT2D eigenvalue weighted by atomic mass is 16.6. The first-order valence-electron chi connectivity index (χ1n) is 11.1. The van der Waals surface area contributed by atoms with Crippen molar-refractivity contribution < 1.29 is 23.9 Å². The van der Waals surface area contributed by atoms with Crippen LogP contribution in [0.5, 0.6) is 11.5 Å². The predicted molar refractivity (Wildman–Crippen MR) is 121 cm³/mol. The maximum absolute atomic E-state index is 13.0. The second-order valence-corrected chi connectivity index (χ2v) is 8.45. The number of hydrogen-bond acceptors (Lipinski definition) is 5. The molecule has 1 saturated heterocycles. The molecule has 0 bridgehead atoms. The zero-order valence-corrected chi connectivity index (χ0v) is 18.2. The molecule has 2 heterocycles. The van der Waals surface area contributed by atoms with Crippen molar-refractivity contribution in [3.63, 3.8) is 0 Å². The number of hydrazine groups is 1. The minimum Gasteiger partial charge on any atom is -0.486 e. The molecular formula is C25H25N3O5. The Morgan fingerprint density at radius 2 is 1.79 bits per heavy atom. The van der Waals surface area contributed by atoms with Crippen LogP contribution in [0.2, 0.25) is 0 Å². The quantitative estimate of drug-likeness (QED) is 0.703. The number of allylic oxidation sites excluding steroid dienone is 2. The summed E-state index contributed by atoms with van der Waals surface area (Å²) >= 11 is 0. The van der Waals surface area contributed by atoms with E-state index in [-0.39, 0.29) is 35.6 Å². The van der Waals surface area contributed by atoms with Crippen molar-refractivity contribution in [1.82, 2.24) is 10.7 Å². The molecule has 5 rings (SSSR count). The van der Waals surface area contributed by atoms with E-state index in [0.717, 1.165) is 5.56 Å². The van der Waals surface area contributed by atoms with Crippen LogP contribution in [0, 0.1) is 11.8 Å². The molecule has 0 spiro atoms. The van der Waals surface area contributed by atoms with E-state index in [1.54, 1.807) is 24.3 Å². The number of ether oxygens (including phenoxy) is 2. The molecular weight excluding hydrogens is 422 g/mol. The van der Waals surface area contributed by atoms with Gasteiger partial charge in [-0.25, -0.2) is 5.01 Å². The molecule has 2 aliphatic heterocycles. The number of hydrogen-bond donors (Lipinski definition) is 2. The molecule has 2 aromatic carbocycles. The number of nitrogens with one attached hydrogen (secondary N) is 2. The van der Waals surface area contributed by atoms with Gasteiger partial charge in [-0.3, -0.25) is 19.8 Å². The molecule has 8 nitrogen and oxygen atoms in total. The van der Waals surface area contributed by atoms with Gasteiger partial charge in [0.05, 0.1) is 23.6 Å². The zero-order chi connectivity index (χ0) is 22.9. The Labute approximate surface area is 191 Å². The predicted octanol–water partition coefficient (Wildman–Crippen LogP) is 2.91. The fourth-order valence-electron chi connectivity index (χ4n) is 4.46. The van der Waals surface area contributed by atoms with Gasteiger partial charge in [0.25, 0.3) is 5.91 Å². The Bertz CT molecular complexity index is 1140. The molecule has 3 unspecified atom stereocenters. The van der Waals surface area contributed by atoms with Crippen molar-refractivity contribution >= 4 is 23.4 Å². The third-order valence-electron chi connectivity index (χ3n) is 6.31. The summed E-state index contributed by atoms with van der Waals surface area (Å²) in [6.07, 6.45) is 4.99. The highest BCUT2D eigenvalue weighted by Gasteiger charge is 2.42. The lowest BCUT2D eigenvalue weighted by molar-refractivity contribution is -0.139. The summed E-state index contributed by atoms with van der Waals surface area (Å²) in [5.41, 5.74) is 4.44. The van der Waals surface area contributed by atoms with Crippen molar-refractivity contribution in [3.8, 4) is 11.5 Å². The molecule has 8 heteroatoms. The average molecular weight is 447 g/mol. The van der Waals surface area contributed by atoms with Crippen LogP contribution in [0.3, 0.4) is 0 Å². The van der Waals surface area contributed by atoms with E-state index in [9.17, 15) is 14.4 Å². The maximum Gasteiger partial charge on any atom is 0.251 e. The molecule has 1 fully saturated rings. The molecule has 0 aromatic heterocycles. The van der Waals surface area contributed by atoms with E-state index in [2.05, 4.69) is 10.7 Å². The van der Waals surface area contributed by atoms with Crippen molar-refractivity contribution in [2.24, 2.45) is 11.8 Å².